The van der Waals surface area contributed by atoms with Gasteiger partial charge in [0, 0.05) is 29.8 Å². The summed E-state index contributed by atoms with van der Waals surface area (Å²) in [6, 6.07) is 14.2. The smallest absolute Gasteiger partial charge is 0.255 e. The number of benzene rings is 2. The first-order chi connectivity index (χ1) is 14.6. The summed E-state index contributed by atoms with van der Waals surface area (Å²) >= 11 is 0. The van der Waals surface area contributed by atoms with Crippen LogP contribution in [0.4, 0.5) is 11.5 Å². The van der Waals surface area contributed by atoms with E-state index in [-0.39, 0.29) is 11.8 Å². The topological polar surface area (TPSA) is 85.7 Å². The van der Waals surface area contributed by atoms with E-state index in [0.29, 0.717) is 42.3 Å². The molecular formula is C22H22N4O4. The van der Waals surface area contributed by atoms with Gasteiger partial charge in [0.15, 0.2) is 11.5 Å². The molecule has 4 rings (SSSR count). The first kappa shape index (κ1) is 19.5. The molecule has 0 atom stereocenters. The van der Waals surface area contributed by atoms with Crippen molar-refractivity contribution in [1.82, 2.24) is 9.78 Å². The third-order valence-electron chi connectivity index (χ3n) is 5.01. The fourth-order valence-electron chi connectivity index (χ4n) is 3.42. The first-order valence-corrected chi connectivity index (χ1v) is 9.53. The van der Waals surface area contributed by atoms with Crippen LogP contribution in [-0.2, 0) is 17.9 Å². The van der Waals surface area contributed by atoms with Gasteiger partial charge in [-0.25, -0.2) is 4.68 Å². The molecule has 0 saturated heterocycles. The summed E-state index contributed by atoms with van der Waals surface area (Å²) in [6.45, 7) is 1.04. The predicted molar refractivity (Wildman–Crippen MR) is 112 cm³/mol. The molecule has 0 radical (unpaired) electrons. The number of hydrogen-bond acceptors (Lipinski definition) is 5. The van der Waals surface area contributed by atoms with Gasteiger partial charge in [-0.2, -0.15) is 5.10 Å². The van der Waals surface area contributed by atoms with Gasteiger partial charge in [-0.05, 0) is 29.8 Å². The van der Waals surface area contributed by atoms with E-state index < -0.39 is 0 Å². The second-order valence-corrected chi connectivity index (χ2v) is 6.86. The van der Waals surface area contributed by atoms with Crippen LogP contribution in [0.1, 0.15) is 22.3 Å². The van der Waals surface area contributed by atoms with Crippen molar-refractivity contribution in [2.75, 3.05) is 24.4 Å². The van der Waals surface area contributed by atoms with Gasteiger partial charge in [-0.1, -0.05) is 12.1 Å². The molecule has 0 aliphatic carbocycles. The Morgan fingerprint density at radius 1 is 1.07 bits per heavy atom. The van der Waals surface area contributed by atoms with Crippen LogP contribution in [0.2, 0.25) is 0 Å². The van der Waals surface area contributed by atoms with Crippen molar-refractivity contribution in [3.8, 4) is 11.5 Å². The highest BCUT2D eigenvalue weighted by Gasteiger charge is 2.24. The molecule has 154 valence electrons. The fraction of sp³-hybridized carbons (Fsp3) is 0.227. The van der Waals surface area contributed by atoms with E-state index in [9.17, 15) is 9.59 Å². The van der Waals surface area contributed by atoms with Crippen LogP contribution in [-0.4, -0.2) is 35.8 Å². The highest BCUT2D eigenvalue weighted by atomic mass is 16.5. The van der Waals surface area contributed by atoms with E-state index >= 15 is 0 Å². The molecule has 0 unspecified atom stereocenters. The number of nitrogens with one attached hydrogen (secondary N) is 1. The lowest BCUT2D eigenvalue weighted by Crippen LogP contribution is -2.36. The number of nitrogens with zero attached hydrogens (tertiary/aromatic N) is 3. The van der Waals surface area contributed by atoms with E-state index in [0.717, 1.165) is 11.4 Å². The lowest BCUT2D eigenvalue weighted by Gasteiger charge is -2.27. The molecule has 0 spiro atoms. The zero-order valence-corrected chi connectivity index (χ0v) is 16.8. The van der Waals surface area contributed by atoms with E-state index in [1.165, 1.54) is 0 Å². The second kappa shape index (κ2) is 8.28. The summed E-state index contributed by atoms with van der Waals surface area (Å²) in [5.74, 6) is 1.75. The number of ether oxygens (including phenoxy) is 2. The number of rotatable bonds is 6. The molecule has 2 heterocycles. The van der Waals surface area contributed by atoms with Gasteiger partial charge in [0.25, 0.3) is 5.91 Å². The molecule has 2 aromatic carbocycles. The Bertz CT molecular complexity index is 1070. The van der Waals surface area contributed by atoms with Gasteiger partial charge in [-0.3, -0.25) is 14.5 Å². The Morgan fingerprint density at radius 2 is 1.83 bits per heavy atom. The summed E-state index contributed by atoms with van der Waals surface area (Å²) in [7, 11) is 3.10. The molecule has 30 heavy (non-hydrogen) atoms. The number of amides is 2. The van der Waals surface area contributed by atoms with Gasteiger partial charge < -0.3 is 14.8 Å². The number of carbonyl (C=O) groups excluding carboxylic acids is 2. The summed E-state index contributed by atoms with van der Waals surface area (Å²) in [6.07, 6.45) is 2.13. The molecule has 1 N–H and O–H groups in total. The van der Waals surface area contributed by atoms with Crippen molar-refractivity contribution in [1.29, 1.82) is 0 Å². The summed E-state index contributed by atoms with van der Waals surface area (Å²) < 4.78 is 12.3. The van der Waals surface area contributed by atoms with Crippen LogP contribution in [0, 0.1) is 0 Å². The van der Waals surface area contributed by atoms with Gasteiger partial charge >= 0.3 is 0 Å². The monoisotopic (exact) mass is 406 g/mol. The maximum Gasteiger partial charge on any atom is 0.255 e. The van der Waals surface area contributed by atoms with Crippen LogP contribution in [0.3, 0.4) is 0 Å². The normalized spacial score (nSPS) is 13.0. The van der Waals surface area contributed by atoms with Crippen LogP contribution in [0.25, 0.3) is 0 Å². The fourth-order valence-corrected chi connectivity index (χ4v) is 3.42. The molecule has 1 aromatic heterocycles. The summed E-state index contributed by atoms with van der Waals surface area (Å²) in [5.41, 5.74) is 2.05. The average molecular weight is 406 g/mol. The molecule has 8 heteroatoms. The average Bonchev–Trinajstić information content (AvgIpc) is 3.25. The van der Waals surface area contributed by atoms with Crippen molar-refractivity contribution >= 4 is 23.3 Å². The Kier molecular flexibility index (Phi) is 5.38. The first-order valence-electron chi connectivity index (χ1n) is 9.53. The molecule has 1 aliphatic rings. The number of methoxy groups -OCH3 is 2. The quantitative estimate of drug-likeness (QED) is 0.680. The SMILES string of the molecule is COc1ccc(NC(=O)c2ccc(CN3C(=O)CCn4nccc43)cc2)cc1OC. The molecule has 3 aromatic rings. The Morgan fingerprint density at radius 3 is 2.57 bits per heavy atom. The van der Waals surface area contributed by atoms with Gasteiger partial charge in [0.05, 0.1) is 33.5 Å². The number of aromatic nitrogens is 2. The van der Waals surface area contributed by atoms with Crippen molar-refractivity contribution in [2.24, 2.45) is 0 Å². The van der Waals surface area contributed by atoms with E-state index in [2.05, 4.69) is 10.4 Å². The maximum absolute atomic E-state index is 12.6. The van der Waals surface area contributed by atoms with Crippen LogP contribution >= 0.6 is 0 Å². The van der Waals surface area contributed by atoms with E-state index in [1.54, 1.807) is 55.6 Å². The minimum atomic E-state index is -0.235. The van der Waals surface area contributed by atoms with Crippen LogP contribution < -0.4 is 19.7 Å². The predicted octanol–water partition coefficient (Wildman–Crippen LogP) is 3.09. The summed E-state index contributed by atoms with van der Waals surface area (Å²) in [4.78, 5) is 26.6. The molecular weight excluding hydrogens is 384 g/mol. The van der Waals surface area contributed by atoms with Gasteiger partial charge in [-0.15, -0.1) is 0 Å². The van der Waals surface area contributed by atoms with Crippen molar-refractivity contribution in [3.05, 3.63) is 65.9 Å². The second-order valence-electron chi connectivity index (χ2n) is 6.86. The Hall–Kier alpha value is -3.81. The van der Waals surface area contributed by atoms with Crippen molar-refractivity contribution in [2.45, 2.75) is 19.5 Å². The lowest BCUT2D eigenvalue weighted by molar-refractivity contribution is -0.119. The van der Waals surface area contributed by atoms with Crippen LogP contribution in [0.5, 0.6) is 11.5 Å². The third kappa shape index (κ3) is 3.84. The van der Waals surface area contributed by atoms with Gasteiger partial charge in [0.1, 0.15) is 5.82 Å². The molecule has 0 saturated carbocycles. The molecule has 8 nitrogen and oxygen atoms in total. The molecule has 2 amide bonds. The third-order valence-corrected chi connectivity index (χ3v) is 5.01. The highest BCUT2D eigenvalue weighted by Crippen LogP contribution is 2.30. The van der Waals surface area contributed by atoms with Crippen molar-refractivity contribution < 1.29 is 19.1 Å². The minimum Gasteiger partial charge on any atom is -0.493 e. The van der Waals surface area contributed by atoms with Crippen LogP contribution in [0.15, 0.2) is 54.7 Å². The highest BCUT2D eigenvalue weighted by molar-refractivity contribution is 6.04. The molecule has 1 aliphatic heterocycles. The molecule has 0 fully saturated rings. The number of anilines is 2. The number of hydrogen-bond donors (Lipinski definition) is 1. The Labute approximate surface area is 174 Å². The number of aryl methyl sites for hydroxylation is 1. The largest absolute Gasteiger partial charge is 0.493 e. The number of fused-ring (bicyclic) bond motifs is 1. The Balaban J connectivity index is 1.45. The molecule has 0 bridgehead atoms. The summed E-state index contributed by atoms with van der Waals surface area (Å²) in [5, 5.41) is 7.09. The zero-order valence-electron chi connectivity index (χ0n) is 16.8. The number of carbonyl (C=O) groups is 2. The lowest BCUT2D eigenvalue weighted by atomic mass is 10.1. The van der Waals surface area contributed by atoms with E-state index in [4.69, 9.17) is 9.47 Å². The minimum absolute atomic E-state index is 0.0678. The van der Waals surface area contributed by atoms with Gasteiger partial charge in [0.2, 0.25) is 5.91 Å². The van der Waals surface area contributed by atoms with E-state index in [1.807, 2.05) is 22.9 Å². The van der Waals surface area contributed by atoms with Crippen molar-refractivity contribution in [3.63, 3.8) is 0 Å². The standard InChI is InChI=1S/C22H22N4O4/c1-29-18-8-7-17(13-19(18)30-2)24-22(28)16-5-3-15(4-6-16)14-25-20-9-11-23-26(20)12-10-21(25)27/h3-9,11,13H,10,12,14H2,1-2H3,(H,24,28). The maximum atomic E-state index is 12.6. The zero-order chi connectivity index (χ0) is 21.1.